The Morgan fingerprint density at radius 1 is 1.10 bits per heavy atom. The van der Waals surface area contributed by atoms with Gasteiger partial charge < -0.3 is 20.3 Å². The van der Waals surface area contributed by atoms with Crippen LogP contribution in [0.15, 0.2) is 0 Å². The Balaban J connectivity index is 3.52. The van der Waals surface area contributed by atoms with E-state index >= 15 is 0 Å². The minimum Gasteiger partial charge on any atom is -0.449 e. The Morgan fingerprint density at radius 2 is 1.55 bits per heavy atom. The van der Waals surface area contributed by atoms with Crippen molar-refractivity contribution in [3.63, 3.8) is 0 Å². The first-order valence-electron chi connectivity index (χ1n) is 5.94. The zero-order valence-electron chi connectivity index (χ0n) is 11.6. The van der Waals surface area contributed by atoms with E-state index in [1.165, 1.54) is 6.92 Å². The van der Waals surface area contributed by atoms with Crippen molar-refractivity contribution in [1.29, 1.82) is 0 Å². The molecule has 1 fully saturated rings. The van der Waals surface area contributed by atoms with E-state index in [4.69, 9.17) is 0 Å². The quantitative estimate of drug-likeness (QED) is 0.516. The Kier molecular flexibility index (Phi) is 4.02. The SMILES string of the molecule is CC(=O)O[C@H]1C(=O)N[C@H](C)[C@](O)(C(C)=O)[C@@]1(O)C(C)=O. The van der Waals surface area contributed by atoms with Crippen molar-refractivity contribution in [2.75, 3.05) is 0 Å². The van der Waals surface area contributed by atoms with Gasteiger partial charge in [-0.25, -0.2) is 0 Å². The highest BCUT2D eigenvalue weighted by Crippen LogP contribution is 2.36. The standard InChI is InChI=1S/C12H17NO7/c1-5-11(18,6(2)14)12(19,7(3)15)9(10(17)13-5)20-8(4)16/h5,9,18-19H,1-4H3,(H,13,17)/t5-,9+,11+,12-/m1/s1. The van der Waals surface area contributed by atoms with Gasteiger partial charge in [-0.3, -0.25) is 19.2 Å². The number of carbonyl (C=O) groups is 4. The second-order valence-electron chi connectivity index (χ2n) is 4.86. The monoisotopic (exact) mass is 287 g/mol. The molecule has 1 saturated heterocycles. The molecule has 0 saturated carbocycles. The molecule has 1 rings (SSSR count). The van der Waals surface area contributed by atoms with Crippen molar-refractivity contribution < 1.29 is 34.1 Å². The number of hydrogen-bond donors (Lipinski definition) is 3. The van der Waals surface area contributed by atoms with Crippen LogP contribution in [-0.2, 0) is 23.9 Å². The highest BCUT2D eigenvalue weighted by Gasteiger charge is 2.69. The minimum absolute atomic E-state index is 0.899. The number of esters is 1. The summed E-state index contributed by atoms with van der Waals surface area (Å²) in [5.41, 5.74) is -5.43. The van der Waals surface area contributed by atoms with Crippen LogP contribution in [0.2, 0.25) is 0 Å². The lowest BCUT2D eigenvalue weighted by Gasteiger charge is -2.50. The molecular weight excluding hydrogens is 270 g/mol. The summed E-state index contributed by atoms with van der Waals surface area (Å²) >= 11 is 0. The van der Waals surface area contributed by atoms with E-state index < -0.39 is 46.8 Å². The maximum atomic E-state index is 11.8. The third-order valence-corrected chi connectivity index (χ3v) is 3.54. The fourth-order valence-corrected chi connectivity index (χ4v) is 2.44. The third-order valence-electron chi connectivity index (χ3n) is 3.54. The Bertz CT molecular complexity index is 486. The molecule has 0 aliphatic carbocycles. The van der Waals surface area contributed by atoms with Crippen molar-refractivity contribution in [3.05, 3.63) is 0 Å². The first-order chi connectivity index (χ1) is 8.99. The number of nitrogens with one attached hydrogen (secondary N) is 1. The van der Waals surface area contributed by atoms with Gasteiger partial charge in [0.15, 0.2) is 17.2 Å². The number of hydrogen-bond acceptors (Lipinski definition) is 7. The normalized spacial score (nSPS) is 37.0. The summed E-state index contributed by atoms with van der Waals surface area (Å²) in [5, 5.41) is 23.2. The molecule has 112 valence electrons. The number of piperidine rings is 1. The third kappa shape index (κ3) is 2.01. The number of carbonyl (C=O) groups excluding carboxylic acids is 4. The molecule has 0 bridgehead atoms. The molecule has 1 heterocycles. The van der Waals surface area contributed by atoms with Gasteiger partial charge in [-0.15, -0.1) is 0 Å². The van der Waals surface area contributed by atoms with Gasteiger partial charge >= 0.3 is 5.97 Å². The van der Waals surface area contributed by atoms with Crippen molar-refractivity contribution in [3.8, 4) is 0 Å². The van der Waals surface area contributed by atoms with Crippen molar-refractivity contribution in [2.24, 2.45) is 0 Å². The molecule has 0 spiro atoms. The maximum Gasteiger partial charge on any atom is 0.303 e. The molecule has 8 nitrogen and oxygen atoms in total. The number of ketones is 2. The second-order valence-corrected chi connectivity index (χ2v) is 4.86. The molecule has 0 aromatic rings. The van der Waals surface area contributed by atoms with Gasteiger partial charge in [-0.1, -0.05) is 0 Å². The van der Waals surface area contributed by atoms with Crippen LogP contribution < -0.4 is 5.32 Å². The number of ether oxygens (including phenoxy) is 1. The van der Waals surface area contributed by atoms with E-state index in [9.17, 15) is 29.4 Å². The van der Waals surface area contributed by atoms with Crippen molar-refractivity contribution in [1.82, 2.24) is 5.32 Å². The lowest BCUT2D eigenvalue weighted by atomic mass is 9.67. The molecule has 0 unspecified atom stereocenters. The van der Waals surface area contributed by atoms with E-state index in [1.54, 1.807) is 0 Å². The zero-order valence-corrected chi connectivity index (χ0v) is 11.6. The highest BCUT2D eigenvalue weighted by atomic mass is 16.6. The van der Waals surface area contributed by atoms with Crippen LogP contribution in [-0.4, -0.2) is 57.0 Å². The van der Waals surface area contributed by atoms with Gasteiger partial charge in [-0.2, -0.15) is 0 Å². The summed E-state index contributed by atoms with van der Waals surface area (Å²) < 4.78 is 4.64. The molecule has 1 amide bonds. The molecule has 4 atom stereocenters. The number of aliphatic hydroxyl groups is 2. The first kappa shape index (κ1) is 16.3. The van der Waals surface area contributed by atoms with Crippen LogP contribution in [0.3, 0.4) is 0 Å². The molecular formula is C12H17NO7. The molecule has 1 aliphatic rings. The minimum atomic E-state index is -2.84. The summed E-state index contributed by atoms with van der Waals surface area (Å²) in [5.74, 6) is -3.88. The van der Waals surface area contributed by atoms with Crippen LogP contribution in [0.25, 0.3) is 0 Å². The average Bonchev–Trinajstić information content (AvgIpc) is 2.31. The largest absolute Gasteiger partial charge is 0.449 e. The van der Waals surface area contributed by atoms with Crippen LogP contribution >= 0.6 is 0 Å². The van der Waals surface area contributed by atoms with Crippen LogP contribution in [0.5, 0.6) is 0 Å². The van der Waals surface area contributed by atoms with E-state index in [0.717, 1.165) is 20.8 Å². The Labute approximate surface area is 115 Å². The smallest absolute Gasteiger partial charge is 0.303 e. The van der Waals surface area contributed by atoms with E-state index in [2.05, 4.69) is 10.1 Å². The van der Waals surface area contributed by atoms with E-state index in [0.29, 0.717) is 0 Å². The maximum absolute atomic E-state index is 11.8. The van der Waals surface area contributed by atoms with Gasteiger partial charge in [0.25, 0.3) is 5.91 Å². The number of Topliss-reactive ketones (excluding diaryl/α,β-unsaturated/α-hetero) is 2. The predicted molar refractivity (Wildman–Crippen MR) is 64.4 cm³/mol. The molecule has 0 aromatic carbocycles. The molecule has 1 aliphatic heterocycles. The first-order valence-corrected chi connectivity index (χ1v) is 5.94. The topological polar surface area (TPSA) is 130 Å². The highest BCUT2D eigenvalue weighted by molar-refractivity contribution is 6.05. The zero-order chi connectivity index (χ0) is 15.9. The second kappa shape index (κ2) is 4.95. The summed E-state index contributed by atoms with van der Waals surface area (Å²) in [6.07, 6.45) is -2.00. The fourth-order valence-electron chi connectivity index (χ4n) is 2.44. The van der Waals surface area contributed by atoms with E-state index in [1.807, 2.05) is 0 Å². The fraction of sp³-hybridized carbons (Fsp3) is 0.667. The Hall–Kier alpha value is -1.80. The van der Waals surface area contributed by atoms with Crippen LogP contribution in [0, 0.1) is 0 Å². The predicted octanol–water partition coefficient (Wildman–Crippen LogP) is -1.92. The van der Waals surface area contributed by atoms with Gasteiger partial charge in [0.05, 0.1) is 6.04 Å². The summed E-state index contributed by atoms with van der Waals surface area (Å²) in [7, 11) is 0. The van der Waals surface area contributed by atoms with E-state index in [-0.39, 0.29) is 0 Å². The van der Waals surface area contributed by atoms with Crippen molar-refractivity contribution in [2.45, 2.75) is 51.0 Å². The van der Waals surface area contributed by atoms with Crippen LogP contribution in [0.4, 0.5) is 0 Å². The average molecular weight is 287 g/mol. The lowest BCUT2D eigenvalue weighted by molar-refractivity contribution is -0.226. The molecule has 8 heteroatoms. The lowest BCUT2D eigenvalue weighted by Crippen LogP contribution is -2.81. The molecule has 3 N–H and O–H groups in total. The number of rotatable bonds is 3. The number of amides is 1. The molecule has 0 aromatic heterocycles. The van der Waals surface area contributed by atoms with Crippen LogP contribution in [0.1, 0.15) is 27.7 Å². The summed E-state index contributed by atoms with van der Waals surface area (Å²) in [4.78, 5) is 46.4. The van der Waals surface area contributed by atoms with Gasteiger partial charge in [0, 0.05) is 6.92 Å². The Morgan fingerprint density at radius 3 is 1.90 bits per heavy atom. The molecule has 0 radical (unpaired) electrons. The van der Waals surface area contributed by atoms with Crippen molar-refractivity contribution >= 4 is 23.4 Å². The van der Waals surface area contributed by atoms with Gasteiger partial charge in [0.2, 0.25) is 11.7 Å². The van der Waals surface area contributed by atoms with Gasteiger partial charge in [-0.05, 0) is 20.8 Å². The summed E-state index contributed by atoms with van der Waals surface area (Å²) in [6, 6.07) is -1.23. The van der Waals surface area contributed by atoms with Gasteiger partial charge in [0.1, 0.15) is 0 Å². The molecule has 20 heavy (non-hydrogen) atoms. The summed E-state index contributed by atoms with van der Waals surface area (Å²) in [6.45, 7) is 4.10.